The summed E-state index contributed by atoms with van der Waals surface area (Å²) >= 11 is 0. The molecule has 0 radical (unpaired) electrons. The fourth-order valence-electron chi connectivity index (χ4n) is 4.75. The number of rotatable bonds is 5. The molecular weight excluding hydrogens is 436 g/mol. The molecule has 3 heterocycles. The minimum absolute atomic E-state index is 0.0554. The van der Waals surface area contributed by atoms with E-state index in [1.165, 1.54) is 6.07 Å². The molecule has 0 aliphatic carbocycles. The van der Waals surface area contributed by atoms with Gasteiger partial charge in [0.05, 0.1) is 10.6 Å². The topological polar surface area (TPSA) is 114 Å². The van der Waals surface area contributed by atoms with E-state index in [0.29, 0.717) is 63.7 Å². The van der Waals surface area contributed by atoms with Gasteiger partial charge in [0, 0.05) is 51.3 Å². The van der Waals surface area contributed by atoms with Gasteiger partial charge in [-0.2, -0.15) is 4.68 Å². The second-order valence-electron chi connectivity index (χ2n) is 8.55. The van der Waals surface area contributed by atoms with Crippen LogP contribution in [0.3, 0.4) is 0 Å². The number of amides is 1. The summed E-state index contributed by atoms with van der Waals surface area (Å²) in [6.07, 6.45) is 1.38. The molecule has 2 aliphatic heterocycles. The van der Waals surface area contributed by atoms with Gasteiger partial charge in [-0.3, -0.25) is 14.9 Å². The van der Waals surface area contributed by atoms with Gasteiger partial charge in [-0.25, -0.2) is 0 Å². The highest BCUT2D eigenvalue weighted by Gasteiger charge is 2.32. The first-order valence-corrected chi connectivity index (χ1v) is 11.5. The van der Waals surface area contributed by atoms with Crippen molar-refractivity contribution in [2.75, 3.05) is 49.1 Å². The molecule has 11 nitrogen and oxygen atoms in total. The van der Waals surface area contributed by atoms with E-state index in [0.717, 1.165) is 5.69 Å². The summed E-state index contributed by atoms with van der Waals surface area (Å²) in [5.74, 6) is 0.792. The van der Waals surface area contributed by atoms with E-state index in [9.17, 15) is 14.9 Å². The van der Waals surface area contributed by atoms with Crippen molar-refractivity contribution in [3.63, 3.8) is 0 Å². The quantitative estimate of drug-likeness (QED) is 0.419. The van der Waals surface area contributed by atoms with Crippen molar-refractivity contribution < 1.29 is 9.72 Å². The summed E-state index contributed by atoms with van der Waals surface area (Å²) in [4.78, 5) is 30.2. The van der Waals surface area contributed by atoms with Gasteiger partial charge < -0.3 is 14.7 Å². The first kappa shape index (κ1) is 21.8. The van der Waals surface area contributed by atoms with E-state index < -0.39 is 0 Å². The van der Waals surface area contributed by atoms with Crippen LogP contribution in [0.1, 0.15) is 12.8 Å². The van der Waals surface area contributed by atoms with Crippen molar-refractivity contribution in [2.45, 2.75) is 12.8 Å². The Hall–Kier alpha value is -4.02. The molecule has 0 spiro atoms. The van der Waals surface area contributed by atoms with Crippen molar-refractivity contribution >= 4 is 23.2 Å². The smallest absolute Gasteiger partial charge is 0.292 e. The summed E-state index contributed by atoms with van der Waals surface area (Å²) in [6, 6.07) is 16.5. The lowest BCUT2D eigenvalue weighted by atomic mass is 9.94. The molecule has 0 unspecified atom stereocenters. The van der Waals surface area contributed by atoms with E-state index in [1.54, 1.807) is 16.8 Å². The third kappa shape index (κ3) is 4.28. The highest BCUT2D eigenvalue weighted by atomic mass is 16.6. The Balaban J connectivity index is 1.17. The van der Waals surface area contributed by atoms with Gasteiger partial charge in [-0.1, -0.05) is 35.4 Å². The molecule has 1 amide bonds. The summed E-state index contributed by atoms with van der Waals surface area (Å²) in [6.45, 7) is 3.82. The number of tetrazole rings is 1. The predicted molar refractivity (Wildman–Crippen MR) is 126 cm³/mol. The van der Waals surface area contributed by atoms with Gasteiger partial charge in [0.15, 0.2) is 0 Å². The Labute approximate surface area is 196 Å². The zero-order valence-corrected chi connectivity index (χ0v) is 18.7. The zero-order chi connectivity index (χ0) is 23.5. The molecule has 2 fully saturated rings. The van der Waals surface area contributed by atoms with Gasteiger partial charge in [0.25, 0.3) is 5.69 Å². The number of nitro benzene ring substituents is 1. The number of nitrogens with zero attached hydrogens (tertiary/aromatic N) is 8. The van der Waals surface area contributed by atoms with E-state index in [2.05, 4.69) is 20.4 Å². The van der Waals surface area contributed by atoms with E-state index in [1.807, 2.05) is 46.2 Å². The van der Waals surface area contributed by atoms with Crippen LogP contribution in [0.5, 0.6) is 0 Å². The van der Waals surface area contributed by atoms with E-state index in [-0.39, 0.29) is 22.4 Å². The monoisotopic (exact) mass is 462 g/mol. The second kappa shape index (κ2) is 9.46. The molecule has 11 heteroatoms. The second-order valence-corrected chi connectivity index (χ2v) is 8.55. The molecular formula is C23H26N8O3. The minimum atomic E-state index is -0.347. The number of carbonyl (C=O) groups excluding carboxylic acids is 1. The molecule has 0 N–H and O–H groups in total. The Morgan fingerprint density at radius 1 is 0.882 bits per heavy atom. The molecule has 1 aromatic heterocycles. The van der Waals surface area contributed by atoms with Crippen LogP contribution in [-0.2, 0) is 4.79 Å². The third-order valence-electron chi connectivity index (χ3n) is 6.59. The molecule has 176 valence electrons. The maximum atomic E-state index is 13.2. The van der Waals surface area contributed by atoms with Crippen LogP contribution in [0.15, 0.2) is 54.6 Å². The predicted octanol–water partition coefficient (Wildman–Crippen LogP) is 2.14. The van der Waals surface area contributed by atoms with Crippen LogP contribution in [0.2, 0.25) is 0 Å². The summed E-state index contributed by atoms with van der Waals surface area (Å²) in [5, 5.41) is 23.5. The molecule has 3 aromatic rings. The van der Waals surface area contributed by atoms with Gasteiger partial charge >= 0.3 is 0 Å². The Morgan fingerprint density at radius 2 is 1.56 bits per heavy atom. The Kier molecular flexibility index (Phi) is 6.07. The summed E-state index contributed by atoms with van der Waals surface area (Å²) in [5.41, 5.74) is 1.64. The molecule has 0 saturated carbocycles. The number of aromatic nitrogens is 4. The lowest BCUT2D eigenvalue weighted by Crippen LogP contribution is -2.52. The number of carbonyl (C=O) groups is 1. The maximum Gasteiger partial charge on any atom is 0.292 e. The number of para-hydroxylation sites is 3. The zero-order valence-electron chi connectivity index (χ0n) is 18.7. The maximum absolute atomic E-state index is 13.2. The first-order valence-electron chi connectivity index (χ1n) is 11.5. The Morgan fingerprint density at radius 3 is 2.26 bits per heavy atom. The molecule has 2 aliphatic rings. The minimum Gasteiger partial charge on any atom is -0.366 e. The van der Waals surface area contributed by atoms with Crippen molar-refractivity contribution in [3.05, 3.63) is 64.7 Å². The molecule has 34 heavy (non-hydrogen) atoms. The van der Waals surface area contributed by atoms with Crippen molar-refractivity contribution in [3.8, 4) is 5.69 Å². The SMILES string of the molecule is O=C(C1CCN(c2ccccc2[N+](=O)[O-])CC1)N1CCN(c2nnnn2-c2ccccc2)CC1. The van der Waals surface area contributed by atoms with Crippen LogP contribution in [0.4, 0.5) is 17.3 Å². The Bertz CT molecular complexity index is 1150. The van der Waals surface area contributed by atoms with Crippen molar-refractivity contribution in [1.82, 2.24) is 25.1 Å². The number of anilines is 2. The molecule has 2 saturated heterocycles. The lowest BCUT2D eigenvalue weighted by molar-refractivity contribution is -0.384. The summed E-state index contributed by atoms with van der Waals surface area (Å²) in [7, 11) is 0. The van der Waals surface area contributed by atoms with Crippen LogP contribution in [0.25, 0.3) is 5.69 Å². The van der Waals surface area contributed by atoms with E-state index in [4.69, 9.17) is 0 Å². The number of piperidine rings is 1. The van der Waals surface area contributed by atoms with Crippen LogP contribution >= 0.6 is 0 Å². The van der Waals surface area contributed by atoms with Gasteiger partial charge in [-0.15, -0.1) is 0 Å². The normalized spacial score (nSPS) is 17.1. The summed E-state index contributed by atoms with van der Waals surface area (Å²) < 4.78 is 1.72. The largest absolute Gasteiger partial charge is 0.366 e. The van der Waals surface area contributed by atoms with E-state index >= 15 is 0 Å². The first-order chi connectivity index (χ1) is 16.6. The number of nitro groups is 1. The van der Waals surface area contributed by atoms with Gasteiger partial charge in [0.2, 0.25) is 11.9 Å². The van der Waals surface area contributed by atoms with Crippen molar-refractivity contribution in [1.29, 1.82) is 0 Å². The van der Waals surface area contributed by atoms with Crippen LogP contribution in [0, 0.1) is 16.0 Å². The van der Waals surface area contributed by atoms with Gasteiger partial charge in [-0.05, 0) is 41.5 Å². The average Bonchev–Trinajstić information content (AvgIpc) is 3.39. The number of benzene rings is 2. The fraction of sp³-hybridized carbons (Fsp3) is 0.391. The van der Waals surface area contributed by atoms with Gasteiger partial charge in [0.1, 0.15) is 5.69 Å². The molecule has 5 rings (SSSR count). The number of hydrogen-bond acceptors (Lipinski definition) is 8. The highest BCUT2D eigenvalue weighted by Crippen LogP contribution is 2.31. The number of piperazine rings is 1. The fourth-order valence-corrected chi connectivity index (χ4v) is 4.75. The molecule has 0 atom stereocenters. The molecule has 0 bridgehead atoms. The molecule has 2 aromatic carbocycles. The lowest BCUT2D eigenvalue weighted by Gasteiger charge is -2.39. The third-order valence-corrected chi connectivity index (χ3v) is 6.59. The average molecular weight is 463 g/mol. The highest BCUT2D eigenvalue weighted by molar-refractivity contribution is 5.79. The van der Waals surface area contributed by atoms with Crippen LogP contribution < -0.4 is 9.80 Å². The standard InChI is InChI=1S/C23H26N8O3/c32-22(18-10-12-27(13-11-18)20-8-4-5-9-21(20)31(33)34)28-14-16-29(17-15-28)23-24-25-26-30(23)19-6-2-1-3-7-19/h1-9,18H,10-17H2. The number of hydrogen-bond donors (Lipinski definition) is 0. The van der Waals surface area contributed by atoms with Crippen LogP contribution in [-0.4, -0.2) is 75.2 Å². The van der Waals surface area contributed by atoms with Crippen molar-refractivity contribution in [2.24, 2.45) is 5.92 Å².